The third kappa shape index (κ3) is 4.84. The van der Waals surface area contributed by atoms with Gasteiger partial charge >= 0.3 is 0 Å². The molecule has 0 saturated heterocycles. The van der Waals surface area contributed by atoms with E-state index in [-0.39, 0.29) is 11.9 Å². The minimum absolute atomic E-state index is 0.215. The number of aromatic nitrogens is 2. The Morgan fingerprint density at radius 1 is 0.771 bits per heavy atom. The molecule has 0 aliphatic rings. The maximum Gasteiger partial charge on any atom is 0.270 e. The Balaban J connectivity index is 1.56. The van der Waals surface area contributed by atoms with E-state index in [1.807, 2.05) is 121 Å². The van der Waals surface area contributed by atoms with Crippen molar-refractivity contribution in [2.75, 3.05) is 7.11 Å². The van der Waals surface area contributed by atoms with Gasteiger partial charge in [0.05, 0.1) is 24.5 Å². The van der Waals surface area contributed by atoms with Gasteiger partial charge in [-0.15, -0.1) is 0 Å². The number of hydrogen-bond acceptors (Lipinski definition) is 3. The molecule has 5 aromatic rings. The molecule has 0 atom stereocenters. The fourth-order valence-electron chi connectivity index (χ4n) is 4.07. The zero-order valence-electron chi connectivity index (χ0n) is 19.3. The highest BCUT2D eigenvalue weighted by Crippen LogP contribution is 2.26. The predicted molar refractivity (Wildman–Crippen MR) is 138 cm³/mol. The van der Waals surface area contributed by atoms with Crippen molar-refractivity contribution in [1.82, 2.24) is 15.1 Å². The quantitative estimate of drug-likeness (QED) is 0.322. The molecule has 1 N–H and O–H groups in total. The number of nitrogens with zero attached hydrogens (tertiary/aromatic N) is 2. The van der Waals surface area contributed by atoms with Gasteiger partial charge in [0.25, 0.3) is 5.91 Å². The van der Waals surface area contributed by atoms with Gasteiger partial charge in [-0.25, -0.2) is 4.68 Å². The average molecular weight is 460 g/mol. The molecule has 5 rings (SSSR count). The van der Waals surface area contributed by atoms with E-state index in [0.29, 0.717) is 5.69 Å². The first-order chi connectivity index (χ1) is 17.2. The van der Waals surface area contributed by atoms with Gasteiger partial charge in [0.1, 0.15) is 11.4 Å². The van der Waals surface area contributed by atoms with E-state index in [9.17, 15) is 4.79 Å². The summed E-state index contributed by atoms with van der Waals surface area (Å²) in [4.78, 5) is 13.8. The largest absolute Gasteiger partial charge is 0.497 e. The number of hydrogen-bond donors (Lipinski definition) is 1. The van der Waals surface area contributed by atoms with Crippen LogP contribution in [0.1, 0.15) is 27.7 Å². The molecule has 0 unspecified atom stereocenters. The van der Waals surface area contributed by atoms with Gasteiger partial charge in [-0.3, -0.25) is 4.79 Å². The molecule has 0 aliphatic carbocycles. The second kappa shape index (κ2) is 10.1. The molecule has 5 nitrogen and oxygen atoms in total. The predicted octanol–water partition coefficient (Wildman–Crippen LogP) is 6.07. The van der Waals surface area contributed by atoms with Gasteiger partial charge in [-0.1, -0.05) is 91.0 Å². The Hall–Kier alpha value is -4.64. The monoisotopic (exact) mass is 459 g/mol. The summed E-state index contributed by atoms with van der Waals surface area (Å²) in [7, 11) is 1.63. The fourth-order valence-corrected chi connectivity index (χ4v) is 4.07. The number of amides is 1. The average Bonchev–Trinajstić information content (AvgIpc) is 3.39. The molecule has 0 radical (unpaired) electrons. The van der Waals surface area contributed by atoms with E-state index in [4.69, 9.17) is 9.84 Å². The first-order valence-electron chi connectivity index (χ1n) is 11.4. The number of benzene rings is 4. The molecular formula is C30H25N3O2. The molecule has 0 spiro atoms. The first-order valence-corrected chi connectivity index (χ1v) is 11.4. The SMILES string of the molecule is COc1ccc(-n2nc(-c3ccccc3)cc2C(=O)NC(c2ccccc2)c2ccccc2)cc1. The molecule has 4 aromatic carbocycles. The summed E-state index contributed by atoms with van der Waals surface area (Å²) in [6, 6.07) is 38.8. The first kappa shape index (κ1) is 22.2. The Labute approximate surface area is 204 Å². The molecule has 0 bridgehead atoms. The standard InChI is InChI=1S/C30H25N3O2/c1-35-26-19-17-25(18-20-26)33-28(21-27(32-33)22-11-5-2-6-12-22)30(34)31-29(23-13-7-3-8-14-23)24-15-9-4-10-16-24/h2-21,29H,1H3,(H,31,34). The summed E-state index contributed by atoms with van der Waals surface area (Å²) in [6.45, 7) is 0. The molecule has 1 amide bonds. The van der Waals surface area contributed by atoms with Crippen LogP contribution in [0.5, 0.6) is 5.75 Å². The van der Waals surface area contributed by atoms with Crippen LogP contribution in [0, 0.1) is 0 Å². The molecule has 1 aromatic heterocycles. The van der Waals surface area contributed by atoms with Crippen LogP contribution in [0.25, 0.3) is 16.9 Å². The molecule has 35 heavy (non-hydrogen) atoms. The Kier molecular flexibility index (Phi) is 6.39. The highest BCUT2D eigenvalue weighted by atomic mass is 16.5. The van der Waals surface area contributed by atoms with Crippen molar-refractivity contribution in [3.8, 4) is 22.7 Å². The van der Waals surface area contributed by atoms with E-state index < -0.39 is 0 Å². The summed E-state index contributed by atoms with van der Waals surface area (Å²) in [6.07, 6.45) is 0. The van der Waals surface area contributed by atoms with Crippen LogP contribution in [0.2, 0.25) is 0 Å². The van der Waals surface area contributed by atoms with Gasteiger partial charge in [-0.05, 0) is 41.5 Å². The Bertz CT molecular complexity index is 1360. The van der Waals surface area contributed by atoms with Crippen molar-refractivity contribution in [3.63, 3.8) is 0 Å². The Morgan fingerprint density at radius 2 is 1.31 bits per heavy atom. The number of carbonyl (C=O) groups is 1. The summed E-state index contributed by atoms with van der Waals surface area (Å²) in [5, 5.41) is 8.03. The lowest BCUT2D eigenvalue weighted by molar-refractivity contribution is 0.0935. The van der Waals surface area contributed by atoms with Crippen LogP contribution in [-0.2, 0) is 0 Å². The summed E-state index contributed by atoms with van der Waals surface area (Å²) < 4.78 is 6.98. The fraction of sp³-hybridized carbons (Fsp3) is 0.0667. The zero-order valence-corrected chi connectivity index (χ0v) is 19.3. The summed E-state index contributed by atoms with van der Waals surface area (Å²) in [5.74, 6) is 0.525. The van der Waals surface area contributed by atoms with Crippen molar-refractivity contribution in [2.24, 2.45) is 0 Å². The van der Waals surface area contributed by atoms with Gasteiger partial charge < -0.3 is 10.1 Å². The zero-order chi connectivity index (χ0) is 24.0. The number of methoxy groups -OCH3 is 1. The van der Waals surface area contributed by atoms with E-state index in [1.54, 1.807) is 11.8 Å². The molecule has 172 valence electrons. The lowest BCUT2D eigenvalue weighted by Crippen LogP contribution is -2.31. The molecular weight excluding hydrogens is 434 g/mol. The van der Waals surface area contributed by atoms with Gasteiger partial charge in [-0.2, -0.15) is 5.10 Å². The smallest absolute Gasteiger partial charge is 0.270 e. The minimum atomic E-state index is -0.302. The lowest BCUT2D eigenvalue weighted by atomic mass is 9.98. The van der Waals surface area contributed by atoms with Crippen LogP contribution in [0.3, 0.4) is 0 Å². The van der Waals surface area contributed by atoms with E-state index in [2.05, 4.69) is 5.32 Å². The van der Waals surface area contributed by atoms with E-state index >= 15 is 0 Å². The molecule has 0 fully saturated rings. The van der Waals surface area contributed by atoms with Crippen molar-refractivity contribution in [3.05, 3.63) is 138 Å². The number of rotatable bonds is 7. The second-order valence-electron chi connectivity index (χ2n) is 8.12. The van der Waals surface area contributed by atoms with E-state index in [0.717, 1.165) is 33.8 Å². The van der Waals surface area contributed by atoms with Crippen molar-refractivity contribution in [2.45, 2.75) is 6.04 Å². The van der Waals surface area contributed by atoms with Crippen LogP contribution in [0.4, 0.5) is 0 Å². The highest BCUT2D eigenvalue weighted by molar-refractivity contribution is 5.95. The molecule has 5 heteroatoms. The summed E-state index contributed by atoms with van der Waals surface area (Å²) >= 11 is 0. The van der Waals surface area contributed by atoms with Gasteiger partial charge in [0.2, 0.25) is 0 Å². The maximum atomic E-state index is 13.8. The topological polar surface area (TPSA) is 56.2 Å². The molecule has 0 saturated carbocycles. The molecule has 0 aliphatic heterocycles. The minimum Gasteiger partial charge on any atom is -0.497 e. The lowest BCUT2D eigenvalue weighted by Gasteiger charge is -2.20. The van der Waals surface area contributed by atoms with Crippen LogP contribution < -0.4 is 10.1 Å². The van der Waals surface area contributed by atoms with E-state index in [1.165, 1.54) is 0 Å². The second-order valence-corrected chi connectivity index (χ2v) is 8.12. The van der Waals surface area contributed by atoms with Crippen LogP contribution >= 0.6 is 0 Å². The number of nitrogens with one attached hydrogen (secondary N) is 1. The summed E-state index contributed by atoms with van der Waals surface area (Å²) in [5.41, 5.74) is 4.90. The van der Waals surface area contributed by atoms with Crippen LogP contribution in [0.15, 0.2) is 121 Å². The van der Waals surface area contributed by atoms with Crippen molar-refractivity contribution in [1.29, 1.82) is 0 Å². The van der Waals surface area contributed by atoms with Gasteiger partial charge in [0.15, 0.2) is 0 Å². The third-order valence-corrected chi connectivity index (χ3v) is 5.87. The van der Waals surface area contributed by atoms with Crippen LogP contribution in [-0.4, -0.2) is 22.8 Å². The maximum absolute atomic E-state index is 13.8. The third-order valence-electron chi connectivity index (χ3n) is 5.87. The van der Waals surface area contributed by atoms with Crippen molar-refractivity contribution >= 4 is 5.91 Å². The van der Waals surface area contributed by atoms with Crippen molar-refractivity contribution < 1.29 is 9.53 Å². The number of carbonyl (C=O) groups excluding carboxylic acids is 1. The van der Waals surface area contributed by atoms with Gasteiger partial charge in [0, 0.05) is 5.56 Å². The highest BCUT2D eigenvalue weighted by Gasteiger charge is 2.22. The Morgan fingerprint density at radius 3 is 1.86 bits per heavy atom. The number of ether oxygens (including phenoxy) is 1. The molecule has 1 heterocycles. The normalized spacial score (nSPS) is 10.8.